The number of aromatic nitrogens is 2. The maximum atomic E-state index is 12.6. The maximum absolute atomic E-state index is 12.6. The molecule has 1 aromatic heterocycles. The lowest BCUT2D eigenvalue weighted by molar-refractivity contribution is -0.134. The molecule has 2 atom stereocenters. The van der Waals surface area contributed by atoms with Crippen molar-refractivity contribution < 1.29 is 14.1 Å². The van der Waals surface area contributed by atoms with E-state index >= 15 is 0 Å². The van der Waals surface area contributed by atoms with E-state index in [2.05, 4.69) is 27.4 Å². The summed E-state index contributed by atoms with van der Waals surface area (Å²) in [4.78, 5) is 21.3. The largest absolute Gasteiger partial charge is 0.484 e. The number of rotatable bonds is 5. The van der Waals surface area contributed by atoms with Crippen LogP contribution in [0.3, 0.4) is 0 Å². The van der Waals surface area contributed by atoms with Crippen molar-refractivity contribution in [2.75, 3.05) is 46.4 Å². The minimum Gasteiger partial charge on any atom is -0.484 e. The van der Waals surface area contributed by atoms with Crippen LogP contribution in [0.2, 0.25) is 0 Å². The Kier molecular flexibility index (Phi) is 5.87. The third-order valence-electron chi connectivity index (χ3n) is 5.50. The molecule has 3 heterocycles. The van der Waals surface area contributed by atoms with Crippen LogP contribution in [0.25, 0.3) is 0 Å². The quantitative estimate of drug-likeness (QED) is 0.833. The summed E-state index contributed by atoms with van der Waals surface area (Å²) in [5.41, 5.74) is 0. The molecule has 8 nitrogen and oxygen atoms in total. The number of benzene rings is 1. The van der Waals surface area contributed by atoms with Gasteiger partial charge in [-0.1, -0.05) is 23.4 Å². The van der Waals surface area contributed by atoms with E-state index in [0.717, 1.165) is 44.8 Å². The summed E-state index contributed by atoms with van der Waals surface area (Å²) in [5.74, 6) is 2.13. The number of nitrogens with one attached hydrogen (secondary N) is 1. The molecule has 1 aromatic carbocycles. The summed E-state index contributed by atoms with van der Waals surface area (Å²) in [6.07, 6.45) is 1.87. The summed E-state index contributed by atoms with van der Waals surface area (Å²) in [6.45, 7) is 4.14. The lowest BCUT2D eigenvalue weighted by Crippen LogP contribution is -2.44. The molecule has 2 saturated heterocycles. The molecule has 0 radical (unpaired) electrons. The Morgan fingerprint density at radius 1 is 1.32 bits per heavy atom. The van der Waals surface area contributed by atoms with Crippen LogP contribution in [0.4, 0.5) is 0 Å². The first-order chi connectivity index (χ1) is 13.7. The van der Waals surface area contributed by atoms with Gasteiger partial charge in [0.2, 0.25) is 5.89 Å². The topological polar surface area (TPSA) is 83.7 Å². The molecular formula is C20H27N5O3. The van der Waals surface area contributed by atoms with Gasteiger partial charge in [-0.25, -0.2) is 0 Å². The number of para-hydroxylation sites is 1. The predicted octanol–water partition coefficient (Wildman–Crippen LogP) is 1.43. The van der Waals surface area contributed by atoms with E-state index < -0.39 is 0 Å². The smallest absolute Gasteiger partial charge is 0.260 e. The number of ether oxygens (including phenoxy) is 1. The molecule has 0 aliphatic carbocycles. The van der Waals surface area contributed by atoms with Crippen molar-refractivity contribution in [2.45, 2.75) is 24.8 Å². The van der Waals surface area contributed by atoms with E-state index in [4.69, 9.17) is 9.26 Å². The molecule has 4 rings (SSSR count). The number of nitrogens with zero attached hydrogens (tertiary/aromatic N) is 4. The van der Waals surface area contributed by atoms with Crippen molar-refractivity contribution >= 4 is 5.91 Å². The first kappa shape index (κ1) is 18.9. The van der Waals surface area contributed by atoms with Crippen LogP contribution in [-0.4, -0.2) is 72.2 Å². The first-order valence-electron chi connectivity index (χ1n) is 9.91. The Bertz CT molecular complexity index is 781. The average molecular weight is 385 g/mol. The third kappa shape index (κ3) is 4.34. The standard InChI is InChI=1S/C20H27N5O3/c1-24-11-9-21-12-17(24)19-22-20(28-23-19)15-6-5-10-25(13-15)18(26)14-27-16-7-3-2-4-8-16/h2-4,7-8,15,17,21H,5-6,9-14H2,1H3. The minimum atomic E-state index is -0.00972. The van der Waals surface area contributed by atoms with Crippen LogP contribution in [0.15, 0.2) is 34.9 Å². The predicted molar refractivity (Wildman–Crippen MR) is 103 cm³/mol. The monoisotopic (exact) mass is 385 g/mol. The van der Waals surface area contributed by atoms with E-state index in [0.29, 0.717) is 18.2 Å². The number of piperidine rings is 1. The van der Waals surface area contributed by atoms with E-state index in [1.54, 1.807) is 0 Å². The molecule has 0 bridgehead atoms. The second-order valence-electron chi connectivity index (χ2n) is 7.47. The zero-order valence-electron chi connectivity index (χ0n) is 16.2. The SMILES string of the molecule is CN1CCNCC1c1noc(C2CCCN(C(=O)COc3ccccc3)C2)n1. The van der Waals surface area contributed by atoms with Crippen LogP contribution in [-0.2, 0) is 4.79 Å². The highest BCUT2D eigenvalue weighted by Crippen LogP contribution is 2.27. The van der Waals surface area contributed by atoms with E-state index in [9.17, 15) is 4.79 Å². The van der Waals surface area contributed by atoms with Crippen LogP contribution >= 0.6 is 0 Å². The highest BCUT2D eigenvalue weighted by Gasteiger charge is 2.31. The summed E-state index contributed by atoms with van der Waals surface area (Å²) in [5, 5.41) is 7.59. The van der Waals surface area contributed by atoms with Gasteiger partial charge in [-0.05, 0) is 32.0 Å². The molecule has 2 aromatic rings. The van der Waals surface area contributed by atoms with Gasteiger partial charge in [0.15, 0.2) is 12.4 Å². The van der Waals surface area contributed by atoms with Gasteiger partial charge in [0.1, 0.15) is 5.75 Å². The molecule has 0 spiro atoms. The number of amides is 1. The lowest BCUT2D eigenvalue weighted by atomic mass is 9.98. The zero-order chi connectivity index (χ0) is 19.3. The van der Waals surface area contributed by atoms with Crippen LogP contribution in [0.1, 0.15) is 36.5 Å². The van der Waals surface area contributed by atoms with Gasteiger partial charge in [0, 0.05) is 32.7 Å². The molecule has 2 fully saturated rings. The Hall–Kier alpha value is -2.45. The minimum absolute atomic E-state index is 0.00972. The van der Waals surface area contributed by atoms with Gasteiger partial charge in [-0.3, -0.25) is 9.69 Å². The lowest BCUT2D eigenvalue weighted by Gasteiger charge is -2.31. The molecule has 0 saturated carbocycles. The van der Waals surface area contributed by atoms with E-state index in [1.165, 1.54) is 0 Å². The fourth-order valence-corrected chi connectivity index (χ4v) is 3.80. The summed E-state index contributed by atoms with van der Waals surface area (Å²) >= 11 is 0. The number of hydrogen-bond donors (Lipinski definition) is 1. The second-order valence-corrected chi connectivity index (χ2v) is 7.47. The number of hydrogen-bond acceptors (Lipinski definition) is 7. The van der Waals surface area contributed by atoms with Crippen LogP contribution in [0.5, 0.6) is 5.75 Å². The van der Waals surface area contributed by atoms with Gasteiger partial charge in [-0.2, -0.15) is 4.98 Å². The molecule has 2 aliphatic rings. The maximum Gasteiger partial charge on any atom is 0.260 e. The Balaban J connectivity index is 1.35. The molecular weight excluding hydrogens is 358 g/mol. The van der Waals surface area contributed by atoms with Gasteiger partial charge < -0.3 is 19.5 Å². The first-order valence-corrected chi connectivity index (χ1v) is 9.91. The Morgan fingerprint density at radius 3 is 3.00 bits per heavy atom. The fraction of sp³-hybridized carbons (Fsp3) is 0.550. The van der Waals surface area contributed by atoms with Crippen molar-refractivity contribution in [3.05, 3.63) is 42.0 Å². The molecule has 1 amide bonds. The van der Waals surface area contributed by atoms with Crippen molar-refractivity contribution in [3.8, 4) is 5.75 Å². The number of piperazine rings is 1. The second kappa shape index (κ2) is 8.70. The molecule has 8 heteroatoms. The number of likely N-dealkylation sites (N-methyl/N-ethyl adjacent to an activating group) is 1. The van der Waals surface area contributed by atoms with E-state index in [-0.39, 0.29) is 24.5 Å². The number of likely N-dealkylation sites (tertiary alicyclic amines) is 1. The van der Waals surface area contributed by atoms with E-state index in [1.807, 2.05) is 35.2 Å². The highest BCUT2D eigenvalue weighted by atomic mass is 16.5. The average Bonchev–Trinajstić information content (AvgIpc) is 3.23. The Morgan fingerprint density at radius 2 is 2.18 bits per heavy atom. The van der Waals surface area contributed by atoms with Crippen molar-refractivity contribution in [1.29, 1.82) is 0 Å². The van der Waals surface area contributed by atoms with Crippen molar-refractivity contribution in [1.82, 2.24) is 25.3 Å². The molecule has 2 aliphatic heterocycles. The summed E-state index contributed by atoms with van der Waals surface area (Å²) in [7, 11) is 2.08. The Labute approximate surface area is 164 Å². The van der Waals surface area contributed by atoms with Crippen molar-refractivity contribution in [3.63, 3.8) is 0 Å². The van der Waals surface area contributed by atoms with Gasteiger partial charge in [-0.15, -0.1) is 0 Å². The number of carbonyl (C=O) groups excluding carboxylic acids is 1. The molecule has 2 unspecified atom stereocenters. The molecule has 28 heavy (non-hydrogen) atoms. The summed E-state index contributed by atoms with van der Waals surface area (Å²) < 4.78 is 11.2. The van der Waals surface area contributed by atoms with Crippen molar-refractivity contribution in [2.24, 2.45) is 0 Å². The zero-order valence-corrected chi connectivity index (χ0v) is 16.2. The fourth-order valence-electron chi connectivity index (χ4n) is 3.80. The number of carbonyl (C=O) groups is 1. The highest BCUT2D eigenvalue weighted by molar-refractivity contribution is 5.78. The molecule has 1 N–H and O–H groups in total. The van der Waals surface area contributed by atoms with Crippen LogP contribution < -0.4 is 10.1 Å². The third-order valence-corrected chi connectivity index (χ3v) is 5.50. The van der Waals surface area contributed by atoms with Gasteiger partial charge >= 0.3 is 0 Å². The van der Waals surface area contributed by atoms with Crippen LogP contribution in [0, 0.1) is 0 Å². The van der Waals surface area contributed by atoms with Gasteiger partial charge in [0.25, 0.3) is 5.91 Å². The summed E-state index contributed by atoms with van der Waals surface area (Å²) in [6, 6.07) is 9.54. The normalized spacial score (nSPS) is 23.5. The molecule has 150 valence electrons. The van der Waals surface area contributed by atoms with Gasteiger partial charge in [0.05, 0.1) is 12.0 Å².